The first kappa shape index (κ1) is 18.7. The highest BCUT2D eigenvalue weighted by Crippen LogP contribution is 2.32. The summed E-state index contributed by atoms with van der Waals surface area (Å²) >= 11 is 0. The minimum absolute atomic E-state index is 0.0477. The average Bonchev–Trinajstić information content (AvgIpc) is 3.13. The zero-order valence-corrected chi connectivity index (χ0v) is 16.5. The maximum Gasteiger partial charge on any atom is 0.233 e. The fourth-order valence-electron chi connectivity index (χ4n) is 3.55. The van der Waals surface area contributed by atoms with Gasteiger partial charge in [0.05, 0.1) is 13.0 Å². The molecule has 0 aliphatic carbocycles. The molecule has 146 valence electrons. The molecule has 2 aromatic carbocycles. The number of benzene rings is 2. The van der Waals surface area contributed by atoms with Gasteiger partial charge in [-0.2, -0.15) is 0 Å². The Balaban J connectivity index is 1.77. The molecule has 0 bridgehead atoms. The predicted molar refractivity (Wildman–Crippen MR) is 115 cm³/mol. The number of nitrogens with one attached hydrogen (secondary N) is 1. The topological polar surface area (TPSA) is 55.6 Å². The minimum Gasteiger partial charge on any atom is -0.497 e. The number of anilines is 1. The smallest absolute Gasteiger partial charge is 0.233 e. The van der Waals surface area contributed by atoms with Crippen LogP contribution < -0.4 is 10.1 Å². The van der Waals surface area contributed by atoms with Gasteiger partial charge in [0.1, 0.15) is 22.9 Å². The van der Waals surface area contributed by atoms with E-state index in [1.807, 2.05) is 90.3 Å². The molecular formula is C24H23N3O2. The Labute approximate surface area is 170 Å². The normalized spacial score (nSPS) is 11.9. The summed E-state index contributed by atoms with van der Waals surface area (Å²) in [4.78, 5) is 18.0. The maximum absolute atomic E-state index is 13.2. The van der Waals surface area contributed by atoms with Crippen LogP contribution in [0.4, 0.5) is 5.82 Å². The number of carbonyl (C=O) groups is 1. The van der Waals surface area contributed by atoms with Crippen molar-refractivity contribution in [1.29, 1.82) is 0 Å². The van der Waals surface area contributed by atoms with Gasteiger partial charge in [-0.25, -0.2) is 4.98 Å². The predicted octanol–water partition coefficient (Wildman–Crippen LogP) is 5.14. The third-order valence-corrected chi connectivity index (χ3v) is 5.04. The highest BCUT2D eigenvalue weighted by atomic mass is 16.5. The molecule has 2 aromatic heterocycles. The quantitative estimate of drug-likeness (QED) is 0.500. The van der Waals surface area contributed by atoms with Gasteiger partial charge in [0.2, 0.25) is 5.91 Å². The molecule has 29 heavy (non-hydrogen) atoms. The number of methoxy groups -OCH3 is 1. The lowest BCUT2D eigenvalue weighted by Crippen LogP contribution is -2.21. The van der Waals surface area contributed by atoms with Crippen LogP contribution in [0.3, 0.4) is 0 Å². The molecule has 0 aliphatic heterocycles. The lowest BCUT2D eigenvalue weighted by molar-refractivity contribution is -0.117. The van der Waals surface area contributed by atoms with Crippen molar-refractivity contribution in [2.24, 2.45) is 0 Å². The SMILES string of the molecule is CCC(C(=O)Nc1c(-c2cccc(OC)c2)nc2ccccn12)c1ccccc1. The molecule has 1 N–H and O–H groups in total. The summed E-state index contributed by atoms with van der Waals surface area (Å²) < 4.78 is 7.27. The Morgan fingerprint density at radius 3 is 2.62 bits per heavy atom. The molecule has 5 nitrogen and oxygen atoms in total. The van der Waals surface area contributed by atoms with Crippen molar-refractivity contribution in [3.8, 4) is 17.0 Å². The summed E-state index contributed by atoms with van der Waals surface area (Å²) in [6.07, 6.45) is 2.62. The first-order valence-corrected chi connectivity index (χ1v) is 9.68. The Morgan fingerprint density at radius 1 is 1.07 bits per heavy atom. The molecule has 0 spiro atoms. The summed E-state index contributed by atoms with van der Waals surface area (Å²) in [5.74, 6) is 1.12. The van der Waals surface area contributed by atoms with Crippen LogP contribution in [-0.4, -0.2) is 22.4 Å². The van der Waals surface area contributed by atoms with Crippen molar-refractivity contribution in [3.63, 3.8) is 0 Å². The van der Waals surface area contributed by atoms with Gasteiger partial charge in [-0.05, 0) is 36.2 Å². The molecule has 0 saturated heterocycles. The molecule has 5 heteroatoms. The van der Waals surface area contributed by atoms with Crippen molar-refractivity contribution in [2.45, 2.75) is 19.3 Å². The van der Waals surface area contributed by atoms with Gasteiger partial charge < -0.3 is 10.1 Å². The van der Waals surface area contributed by atoms with Gasteiger partial charge in [-0.1, -0.05) is 55.5 Å². The number of nitrogens with zero attached hydrogens (tertiary/aromatic N) is 2. The summed E-state index contributed by atoms with van der Waals surface area (Å²) in [5, 5.41) is 3.14. The van der Waals surface area contributed by atoms with E-state index in [0.29, 0.717) is 17.9 Å². The molecule has 0 aliphatic rings. The van der Waals surface area contributed by atoms with Crippen LogP contribution in [0.15, 0.2) is 79.0 Å². The maximum atomic E-state index is 13.2. The lowest BCUT2D eigenvalue weighted by atomic mass is 9.95. The van der Waals surface area contributed by atoms with Crippen LogP contribution in [0, 0.1) is 0 Å². The van der Waals surface area contributed by atoms with Gasteiger partial charge in [-0.3, -0.25) is 9.20 Å². The molecule has 0 saturated carbocycles. The van der Waals surface area contributed by atoms with Crippen molar-refractivity contribution >= 4 is 17.4 Å². The van der Waals surface area contributed by atoms with E-state index in [0.717, 1.165) is 22.5 Å². The van der Waals surface area contributed by atoms with Gasteiger partial charge in [0.25, 0.3) is 0 Å². The first-order chi connectivity index (χ1) is 14.2. The van der Waals surface area contributed by atoms with Crippen LogP contribution in [0.25, 0.3) is 16.9 Å². The third-order valence-electron chi connectivity index (χ3n) is 5.04. The van der Waals surface area contributed by atoms with Crippen LogP contribution in [0.2, 0.25) is 0 Å². The van der Waals surface area contributed by atoms with Gasteiger partial charge in [0.15, 0.2) is 0 Å². The monoisotopic (exact) mass is 385 g/mol. The van der Waals surface area contributed by atoms with Crippen LogP contribution in [0.5, 0.6) is 5.75 Å². The number of carbonyl (C=O) groups excluding carboxylic acids is 1. The largest absolute Gasteiger partial charge is 0.497 e. The Bertz CT molecular complexity index is 1140. The van der Waals surface area contributed by atoms with Gasteiger partial charge in [0, 0.05) is 11.8 Å². The third kappa shape index (κ3) is 3.72. The van der Waals surface area contributed by atoms with E-state index in [4.69, 9.17) is 9.72 Å². The Kier molecular flexibility index (Phi) is 5.29. The number of amides is 1. The van der Waals surface area contributed by atoms with E-state index in [2.05, 4.69) is 5.32 Å². The Morgan fingerprint density at radius 2 is 1.86 bits per heavy atom. The number of fused-ring (bicyclic) bond motifs is 1. The van der Waals surface area contributed by atoms with E-state index >= 15 is 0 Å². The van der Waals surface area contributed by atoms with Crippen molar-refractivity contribution < 1.29 is 9.53 Å². The van der Waals surface area contributed by atoms with Crippen molar-refractivity contribution in [3.05, 3.63) is 84.6 Å². The van der Waals surface area contributed by atoms with Crippen LogP contribution >= 0.6 is 0 Å². The molecule has 0 fully saturated rings. The fourth-order valence-corrected chi connectivity index (χ4v) is 3.55. The van der Waals surface area contributed by atoms with Crippen LogP contribution in [0.1, 0.15) is 24.8 Å². The van der Waals surface area contributed by atoms with Crippen molar-refractivity contribution in [2.75, 3.05) is 12.4 Å². The number of imidazole rings is 1. The number of rotatable bonds is 6. The standard InChI is InChI=1S/C24H23N3O2/c1-3-20(17-10-5-4-6-11-17)24(28)26-23-22(18-12-9-13-19(16-18)29-2)25-21-14-7-8-15-27(21)23/h4-16,20H,3H2,1-2H3,(H,26,28). The number of ether oxygens (including phenoxy) is 1. The van der Waals surface area contributed by atoms with E-state index in [1.54, 1.807) is 7.11 Å². The van der Waals surface area contributed by atoms with Gasteiger partial charge in [-0.15, -0.1) is 0 Å². The van der Waals surface area contributed by atoms with Crippen LogP contribution in [-0.2, 0) is 4.79 Å². The van der Waals surface area contributed by atoms with Gasteiger partial charge >= 0.3 is 0 Å². The molecule has 1 amide bonds. The second kappa shape index (κ2) is 8.19. The lowest BCUT2D eigenvalue weighted by Gasteiger charge is -2.16. The summed E-state index contributed by atoms with van der Waals surface area (Å²) in [5.41, 5.74) is 3.38. The highest BCUT2D eigenvalue weighted by Gasteiger charge is 2.22. The second-order valence-corrected chi connectivity index (χ2v) is 6.83. The number of aromatic nitrogens is 2. The molecule has 1 atom stereocenters. The molecule has 4 rings (SSSR count). The zero-order valence-electron chi connectivity index (χ0n) is 16.5. The zero-order chi connectivity index (χ0) is 20.2. The highest BCUT2D eigenvalue weighted by molar-refractivity contribution is 5.98. The number of pyridine rings is 1. The minimum atomic E-state index is -0.233. The molecule has 2 heterocycles. The summed E-state index contributed by atoms with van der Waals surface area (Å²) in [6, 6.07) is 23.3. The average molecular weight is 385 g/mol. The molecule has 1 unspecified atom stereocenters. The first-order valence-electron chi connectivity index (χ1n) is 9.68. The summed E-state index contributed by atoms with van der Waals surface area (Å²) in [7, 11) is 1.64. The van der Waals surface area contributed by atoms with E-state index in [9.17, 15) is 4.79 Å². The second-order valence-electron chi connectivity index (χ2n) is 6.83. The van der Waals surface area contributed by atoms with E-state index in [-0.39, 0.29) is 11.8 Å². The number of hydrogen-bond acceptors (Lipinski definition) is 3. The molecular weight excluding hydrogens is 362 g/mol. The van der Waals surface area contributed by atoms with Crippen molar-refractivity contribution in [1.82, 2.24) is 9.38 Å². The number of hydrogen-bond donors (Lipinski definition) is 1. The van der Waals surface area contributed by atoms with E-state index in [1.165, 1.54) is 0 Å². The molecule has 0 radical (unpaired) electrons. The Hall–Kier alpha value is -3.60. The molecule has 4 aromatic rings. The summed E-state index contributed by atoms with van der Waals surface area (Å²) in [6.45, 7) is 2.02. The van der Waals surface area contributed by atoms with E-state index < -0.39 is 0 Å². The fraction of sp³-hybridized carbons (Fsp3) is 0.167.